The number of carbonyl (C=O) groups excluding carboxylic acids is 1. The highest BCUT2D eigenvalue weighted by atomic mass is 32.2. The second-order valence-electron chi connectivity index (χ2n) is 5.35. The Morgan fingerprint density at radius 3 is 2.91 bits per heavy atom. The van der Waals surface area contributed by atoms with Gasteiger partial charge >= 0.3 is 0 Å². The summed E-state index contributed by atoms with van der Waals surface area (Å²) in [5.74, 6) is -0.211. The summed E-state index contributed by atoms with van der Waals surface area (Å²) in [7, 11) is 0. The van der Waals surface area contributed by atoms with Crippen molar-refractivity contribution in [2.24, 2.45) is 0 Å². The molecular weight excluding hydrogens is 318 g/mol. The number of pyridine rings is 1. The Morgan fingerprint density at radius 1 is 1.26 bits per heavy atom. The molecule has 1 fully saturated rings. The monoisotopic (exact) mass is 334 g/mol. The van der Waals surface area contributed by atoms with E-state index >= 15 is 0 Å². The Balaban J connectivity index is 1.72. The van der Waals surface area contributed by atoms with E-state index in [0.717, 1.165) is 12.1 Å². The Hall–Kier alpha value is -1.95. The molecule has 3 rings (SSSR count). The third-order valence-electron chi connectivity index (χ3n) is 3.84. The van der Waals surface area contributed by atoms with E-state index in [-0.39, 0.29) is 11.2 Å². The average molecular weight is 334 g/mol. The van der Waals surface area contributed by atoms with Crippen LogP contribution < -0.4 is 0 Å². The van der Waals surface area contributed by atoms with Gasteiger partial charge in [-0.05, 0) is 36.8 Å². The van der Waals surface area contributed by atoms with Gasteiger partial charge in [0.1, 0.15) is 11.6 Å². The van der Waals surface area contributed by atoms with Crippen LogP contribution in [0.5, 0.6) is 0 Å². The minimum Gasteiger partial charge on any atom is -0.338 e. The fraction of sp³-hybridized carbons (Fsp3) is 0.294. The van der Waals surface area contributed by atoms with Crippen LogP contribution in [-0.4, -0.2) is 34.6 Å². The highest BCUT2D eigenvalue weighted by molar-refractivity contribution is 7.99. The minimum atomic E-state index is -0.436. The lowest BCUT2D eigenvalue weighted by molar-refractivity contribution is 0.0766. The number of hydrogen-bond acceptors (Lipinski definition) is 3. The average Bonchev–Trinajstić information content (AvgIpc) is 2.83. The number of benzene rings is 1. The van der Waals surface area contributed by atoms with E-state index in [2.05, 4.69) is 4.98 Å². The molecule has 23 heavy (non-hydrogen) atoms. The lowest BCUT2D eigenvalue weighted by atomic mass is 10.1. The van der Waals surface area contributed by atoms with Gasteiger partial charge in [-0.15, -0.1) is 0 Å². The number of hydrogen-bond donors (Lipinski definition) is 0. The van der Waals surface area contributed by atoms with E-state index in [1.54, 1.807) is 41.2 Å². The maximum Gasteiger partial charge on any atom is 0.255 e. The Morgan fingerprint density at radius 2 is 2.13 bits per heavy atom. The van der Waals surface area contributed by atoms with Crippen molar-refractivity contribution in [2.75, 3.05) is 18.8 Å². The van der Waals surface area contributed by atoms with Gasteiger partial charge in [-0.25, -0.2) is 8.78 Å². The Kier molecular flexibility index (Phi) is 4.91. The summed E-state index contributed by atoms with van der Waals surface area (Å²) in [6.45, 7) is 1.10. The number of halogens is 2. The van der Waals surface area contributed by atoms with Crippen LogP contribution in [0.2, 0.25) is 0 Å². The largest absolute Gasteiger partial charge is 0.338 e. The first kappa shape index (κ1) is 15.9. The molecule has 1 atom stereocenters. The first-order chi connectivity index (χ1) is 11.1. The van der Waals surface area contributed by atoms with Crippen LogP contribution in [0.1, 0.15) is 27.6 Å². The molecule has 3 nitrogen and oxygen atoms in total. The molecule has 1 aromatic carbocycles. The molecule has 1 aromatic heterocycles. The summed E-state index contributed by atoms with van der Waals surface area (Å²) >= 11 is 1.56. The van der Waals surface area contributed by atoms with E-state index < -0.39 is 11.6 Å². The first-order valence-electron chi connectivity index (χ1n) is 7.41. The standard InChI is InChI=1S/C17H16F2N2OS/c18-13-3-4-15(19)14(10-13)16-5-7-21(8-9-23-16)17(22)12-2-1-6-20-11-12/h1-4,6,10-11,16H,5,7-9H2. The van der Waals surface area contributed by atoms with E-state index in [9.17, 15) is 13.6 Å². The van der Waals surface area contributed by atoms with Crippen LogP contribution in [0.15, 0.2) is 42.7 Å². The molecule has 1 amide bonds. The van der Waals surface area contributed by atoms with Gasteiger partial charge in [0.05, 0.1) is 5.56 Å². The molecule has 0 aliphatic carbocycles. The first-order valence-corrected chi connectivity index (χ1v) is 8.46. The number of thioether (sulfide) groups is 1. The summed E-state index contributed by atoms with van der Waals surface area (Å²) < 4.78 is 27.3. The van der Waals surface area contributed by atoms with Crippen LogP contribution in [-0.2, 0) is 0 Å². The van der Waals surface area contributed by atoms with Crippen molar-refractivity contribution in [2.45, 2.75) is 11.7 Å². The third kappa shape index (κ3) is 3.69. The van der Waals surface area contributed by atoms with Crippen LogP contribution in [0.4, 0.5) is 8.78 Å². The second-order valence-corrected chi connectivity index (χ2v) is 6.66. The third-order valence-corrected chi connectivity index (χ3v) is 5.15. The van der Waals surface area contributed by atoms with E-state index in [1.165, 1.54) is 6.07 Å². The molecule has 120 valence electrons. The van der Waals surface area contributed by atoms with Gasteiger partial charge in [-0.3, -0.25) is 9.78 Å². The molecule has 1 aliphatic rings. The number of carbonyl (C=O) groups is 1. The zero-order valence-electron chi connectivity index (χ0n) is 12.4. The molecule has 1 aliphatic heterocycles. The van der Waals surface area contributed by atoms with Crippen molar-refractivity contribution in [1.29, 1.82) is 0 Å². The maximum absolute atomic E-state index is 13.9. The van der Waals surface area contributed by atoms with Crippen LogP contribution in [0.3, 0.4) is 0 Å². The van der Waals surface area contributed by atoms with Gasteiger partial charge in [0, 0.05) is 42.0 Å². The SMILES string of the molecule is O=C(c1cccnc1)N1CCSC(c2cc(F)ccc2F)CC1. The second kappa shape index (κ2) is 7.08. The lowest BCUT2D eigenvalue weighted by Crippen LogP contribution is -2.33. The van der Waals surface area contributed by atoms with E-state index in [4.69, 9.17) is 0 Å². The smallest absolute Gasteiger partial charge is 0.255 e. The Bertz CT molecular complexity index is 696. The topological polar surface area (TPSA) is 33.2 Å². The molecule has 0 bridgehead atoms. The van der Waals surface area contributed by atoms with Crippen molar-refractivity contribution >= 4 is 17.7 Å². The highest BCUT2D eigenvalue weighted by Crippen LogP contribution is 2.36. The number of aromatic nitrogens is 1. The number of nitrogens with zero attached hydrogens (tertiary/aromatic N) is 2. The molecule has 1 saturated heterocycles. The minimum absolute atomic E-state index is 0.0703. The molecule has 2 heterocycles. The fourth-order valence-corrected chi connectivity index (χ4v) is 3.90. The van der Waals surface area contributed by atoms with Crippen LogP contribution >= 0.6 is 11.8 Å². The zero-order valence-corrected chi connectivity index (χ0v) is 13.2. The highest BCUT2D eigenvalue weighted by Gasteiger charge is 2.24. The van der Waals surface area contributed by atoms with E-state index in [1.807, 2.05) is 0 Å². The van der Waals surface area contributed by atoms with E-state index in [0.29, 0.717) is 36.4 Å². The molecule has 6 heteroatoms. The quantitative estimate of drug-likeness (QED) is 0.840. The summed E-state index contributed by atoms with van der Waals surface area (Å²) in [5, 5.41) is -0.141. The molecule has 0 N–H and O–H groups in total. The van der Waals surface area contributed by atoms with Crippen molar-refractivity contribution in [3.63, 3.8) is 0 Å². The van der Waals surface area contributed by atoms with Crippen molar-refractivity contribution < 1.29 is 13.6 Å². The summed E-state index contributed by atoms with van der Waals surface area (Å²) in [4.78, 5) is 18.2. The maximum atomic E-state index is 13.9. The van der Waals surface area contributed by atoms with Crippen LogP contribution in [0.25, 0.3) is 0 Å². The molecule has 0 radical (unpaired) electrons. The molecule has 0 saturated carbocycles. The number of amides is 1. The van der Waals surface area contributed by atoms with Gasteiger partial charge in [0.15, 0.2) is 0 Å². The van der Waals surface area contributed by atoms with Crippen LogP contribution in [0, 0.1) is 11.6 Å². The zero-order chi connectivity index (χ0) is 16.2. The van der Waals surface area contributed by atoms with Gasteiger partial charge in [-0.1, -0.05) is 0 Å². The summed E-state index contributed by atoms with van der Waals surface area (Å²) in [6, 6.07) is 7.00. The fourth-order valence-electron chi connectivity index (χ4n) is 2.65. The van der Waals surface area contributed by atoms with Crippen molar-refractivity contribution in [3.8, 4) is 0 Å². The van der Waals surface area contributed by atoms with Gasteiger partial charge < -0.3 is 4.90 Å². The summed E-state index contributed by atoms with van der Waals surface area (Å²) in [5.41, 5.74) is 0.929. The Labute approximate surface area is 137 Å². The predicted molar refractivity (Wildman–Crippen MR) is 86.3 cm³/mol. The van der Waals surface area contributed by atoms with Gasteiger partial charge in [-0.2, -0.15) is 11.8 Å². The molecule has 0 spiro atoms. The molecule has 2 aromatic rings. The van der Waals surface area contributed by atoms with Crippen molar-refractivity contribution in [1.82, 2.24) is 9.88 Å². The molecule has 1 unspecified atom stereocenters. The van der Waals surface area contributed by atoms with Crippen molar-refractivity contribution in [3.05, 3.63) is 65.5 Å². The normalized spacial score (nSPS) is 18.5. The predicted octanol–water partition coefficient (Wildman–Crippen LogP) is 3.68. The van der Waals surface area contributed by atoms with Gasteiger partial charge in [0.25, 0.3) is 5.91 Å². The lowest BCUT2D eigenvalue weighted by Gasteiger charge is -2.20. The summed E-state index contributed by atoms with van der Waals surface area (Å²) in [6.07, 6.45) is 3.76. The molecular formula is C17H16F2N2OS. The van der Waals surface area contributed by atoms with Gasteiger partial charge in [0.2, 0.25) is 0 Å². The number of rotatable bonds is 2.